The number of amides is 1. The Balaban J connectivity index is 2.01. The Labute approximate surface area is 225 Å². The molecule has 0 bridgehead atoms. The Morgan fingerprint density at radius 3 is 2.31 bits per heavy atom. The SMILES string of the molecule is COC(=O)C[C@H](NC(=O)[C@@H](CC(C)C)n1ccc(C(F)(F)F)cc1=O)c1cncc(-c2c(C)cccc2C)c1. The molecular weight excluding hydrogens is 511 g/mol. The summed E-state index contributed by atoms with van der Waals surface area (Å²) in [5.74, 6) is -1.26. The van der Waals surface area contributed by atoms with Crippen LogP contribution in [-0.4, -0.2) is 28.5 Å². The maximum absolute atomic E-state index is 13.6. The molecule has 2 heterocycles. The van der Waals surface area contributed by atoms with Crippen molar-refractivity contribution in [2.24, 2.45) is 5.92 Å². The molecule has 7 nitrogen and oxygen atoms in total. The molecule has 0 unspecified atom stereocenters. The number of rotatable bonds is 9. The molecule has 208 valence electrons. The summed E-state index contributed by atoms with van der Waals surface area (Å²) in [5.41, 5.74) is 2.33. The van der Waals surface area contributed by atoms with E-state index in [2.05, 4.69) is 10.3 Å². The minimum absolute atomic E-state index is 0.0666. The van der Waals surface area contributed by atoms with Crippen LogP contribution in [-0.2, 0) is 20.5 Å². The third-order valence-corrected chi connectivity index (χ3v) is 6.46. The number of aryl methyl sites for hydroxylation is 2. The number of hydrogen-bond donors (Lipinski definition) is 1. The highest BCUT2D eigenvalue weighted by atomic mass is 19.4. The molecule has 3 rings (SSSR count). The third-order valence-electron chi connectivity index (χ3n) is 6.46. The Bertz CT molecular complexity index is 1380. The lowest BCUT2D eigenvalue weighted by molar-refractivity contribution is -0.141. The predicted octanol–water partition coefficient (Wildman–Crippen LogP) is 5.55. The van der Waals surface area contributed by atoms with Crippen LogP contribution in [0.5, 0.6) is 0 Å². The summed E-state index contributed by atoms with van der Waals surface area (Å²) in [5, 5.41) is 2.82. The third kappa shape index (κ3) is 7.34. The van der Waals surface area contributed by atoms with Crippen LogP contribution < -0.4 is 10.9 Å². The summed E-state index contributed by atoms with van der Waals surface area (Å²) in [4.78, 5) is 42.8. The molecule has 0 aliphatic carbocycles. The average molecular weight is 544 g/mol. The molecule has 3 aromatic rings. The number of carbonyl (C=O) groups is 2. The van der Waals surface area contributed by atoms with Gasteiger partial charge in [-0.1, -0.05) is 32.0 Å². The van der Waals surface area contributed by atoms with Crippen LogP contribution >= 0.6 is 0 Å². The van der Waals surface area contributed by atoms with E-state index in [1.807, 2.05) is 52.0 Å². The van der Waals surface area contributed by atoms with Gasteiger partial charge in [0.2, 0.25) is 5.91 Å². The Kier molecular flexibility index (Phi) is 9.32. The Hall–Kier alpha value is -3.95. The fourth-order valence-corrected chi connectivity index (χ4v) is 4.54. The summed E-state index contributed by atoms with van der Waals surface area (Å²) in [7, 11) is 1.23. The van der Waals surface area contributed by atoms with Crippen molar-refractivity contribution in [2.45, 2.75) is 58.8 Å². The number of aromatic nitrogens is 2. The molecule has 0 radical (unpaired) electrons. The minimum atomic E-state index is -4.69. The summed E-state index contributed by atoms with van der Waals surface area (Å²) < 4.78 is 45.2. The highest BCUT2D eigenvalue weighted by Gasteiger charge is 2.33. The minimum Gasteiger partial charge on any atom is -0.469 e. The molecule has 1 amide bonds. The van der Waals surface area contributed by atoms with Crippen LogP contribution in [0.1, 0.15) is 61.0 Å². The number of hydrogen-bond acceptors (Lipinski definition) is 5. The zero-order valence-corrected chi connectivity index (χ0v) is 22.5. The van der Waals surface area contributed by atoms with Gasteiger partial charge in [0, 0.05) is 30.2 Å². The van der Waals surface area contributed by atoms with E-state index < -0.39 is 41.3 Å². The standard InChI is InChI=1S/C29H32F3N3O4/c1-17(2)11-24(35-10-9-22(13-25(35)36)29(30,31)32)28(38)34-23(14-26(37)39-5)20-12-21(16-33-15-20)27-18(3)7-6-8-19(27)4/h6-10,12-13,15-17,23-24H,11,14H2,1-5H3,(H,34,38)/t23-,24+/m0/s1. The molecule has 1 aromatic carbocycles. The quantitative estimate of drug-likeness (QED) is 0.357. The molecule has 2 aromatic heterocycles. The van der Waals surface area contributed by atoms with Crippen molar-refractivity contribution >= 4 is 11.9 Å². The zero-order chi connectivity index (χ0) is 28.9. The number of carbonyl (C=O) groups excluding carboxylic acids is 2. The topological polar surface area (TPSA) is 90.3 Å². The second-order valence-corrected chi connectivity index (χ2v) is 9.92. The van der Waals surface area contributed by atoms with Crippen LogP contribution in [0.3, 0.4) is 0 Å². The summed E-state index contributed by atoms with van der Waals surface area (Å²) in [6.07, 6.45) is -0.505. The molecular formula is C29H32F3N3O4. The first kappa shape index (κ1) is 29.6. The first-order valence-electron chi connectivity index (χ1n) is 12.5. The van der Waals surface area contributed by atoms with Gasteiger partial charge in [-0.3, -0.25) is 19.4 Å². The first-order chi connectivity index (χ1) is 18.3. The molecule has 10 heteroatoms. The lowest BCUT2D eigenvalue weighted by Gasteiger charge is -2.25. The molecule has 0 fully saturated rings. The molecule has 39 heavy (non-hydrogen) atoms. The van der Waals surface area contributed by atoms with Crippen molar-refractivity contribution in [3.8, 4) is 11.1 Å². The number of nitrogens with one attached hydrogen (secondary N) is 1. The van der Waals surface area contributed by atoms with Gasteiger partial charge in [0.15, 0.2) is 0 Å². The molecule has 0 saturated carbocycles. The lowest BCUT2D eigenvalue weighted by Crippen LogP contribution is -2.40. The van der Waals surface area contributed by atoms with Crippen molar-refractivity contribution in [1.29, 1.82) is 0 Å². The van der Waals surface area contributed by atoms with Crippen molar-refractivity contribution in [3.63, 3.8) is 0 Å². The molecule has 0 spiro atoms. The number of methoxy groups -OCH3 is 1. The smallest absolute Gasteiger partial charge is 0.416 e. The van der Waals surface area contributed by atoms with E-state index in [0.29, 0.717) is 11.6 Å². The summed E-state index contributed by atoms with van der Waals surface area (Å²) in [6.45, 7) is 7.61. The van der Waals surface area contributed by atoms with Crippen molar-refractivity contribution in [1.82, 2.24) is 14.9 Å². The van der Waals surface area contributed by atoms with Gasteiger partial charge in [0.25, 0.3) is 5.56 Å². The fraction of sp³-hybridized carbons (Fsp3) is 0.379. The molecule has 1 N–H and O–H groups in total. The normalized spacial score (nSPS) is 13.2. The zero-order valence-electron chi connectivity index (χ0n) is 22.5. The van der Waals surface area contributed by atoms with E-state index in [1.165, 1.54) is 13.3 Å². The second-order valence-electron chi connectivity index (χ2n) is 9.92. The maximum atomic E-state index is 13.6. The van der Waals surface area contributed by atoms with Gasteiger partial charge < -0.3 is 14.6 Å². The van der Waals surface area contributed by atoms with Gasteiger partial charge >= 0.3 is 12.1 Å². The predicted molar refractivity (Wildman–Crippen MR) is 141 cm³/mol. The number of pyridine rings is 2. The summed E-state index contributed by atoms with van der Waals surface area (Å²) in [6, 6.07) is 7.01. The van der Waals surface area contributed by atoms with E-state index in [-0.39, 0.29) is 18.8 Å². The Morgan fingerprint density at radius 2 is 1.74 bits per heavy atom. The van der Waals surface area contributed by atoms with Crippen LogP contribution in [0.2, 0.25) is 0 Å². The fourth-order valence-electron chi connectivity index (χ4n) is 4.54. The van der Waals surface area contributed by atoms with Crippen LogP contribution in [0, 0.1) is 19.8 Å². The number of nitrogens with zero attached hydrogens (tertiary/aromatic N) is 2. The lowest BCUT2D eigenvalue weighted by atomic mass is 9.94. The van der Waals surface area contributed by atoms with Gasteiger partial charge in [0.1, 0.15) is 6.04 Å². The van der Waals surface area contributed by atoms with E-state index >= 15 is 0 Å². The van der Waals surface area contributed by atoms with E-state index in [4.69, 9.17) is 4.74 Å². The molecule has 2 atom stereocenters. The monoisotopic (exact) mass is 543 g/mol. The van der Waals surface area contributed by atoms with Crippen LogP contribution in [0.4, 0.5) is 13.2 Å². The largest absolute Gasteiger partial charge is 0.469 e. The van der Waals surface area contributed by atoms with Gasteiger partial charge in [-0.05, 0) is 60.6 Å². The van der Waals surface area contributed by atoms with Gasteiger partial charge in [-0.15, -0.1) is 0 Å². The average Bonchev–Trinajstić information content (AvgIpc) is 2.86. The van der Waals surface area contributed by atoms with E-state index in [0.717, 1.165) is 39.1 Å². The van der Waals surface area contributed by atoms with Crippen molar-refractivity contribution in [2.75, 3.05) is 7.11 Å². The number of halogens is 3. The first-order valence-corrected chi connectivity index (χ1v) is 12.5. The van der Waals surface area contributed by atoms with Gasteiger partial charge in [-0.25, -0.2) is 0 Å². The van der Waals surface area contributed by atoms with Crippen LogP contribution in [0.25, 0.3) is 11.1 Å². The number of ether oxygens (including phenoxy) is 1. The van der Waals surface area contributed by atoms with Crippen molar-refractivity contribution < 1.29 is 27.5 Å². The van der Waals surface area contributed by atoms with E-state index in [9.17, 15) is 27.6 Å². The molecule has 0 aliphatic heterocycles. The Morgan fingerprint density at radius 1 is 1.08 bits per heavy atom. The highest BCUT2D eigenvalue weighted by molar-refractivity contribution is 5.82. The van der Waals surface area contributed by atoms with Gasteiger partial charge in [0.05, 0.1) is 25.1 Å². The second kappa shape index (κ2) is 12.3. The number of alkyl halides is 3. The van der Waals surface area contributed by atoms with Gasteiger partial charge in [-0.2, -0.15) is 13.2 Å². The van der Waals surface area contributed by atoms with E-state index in [1.54, 1.807) is 6.20 Å². The molecule has 0 aliphatic rings. The van der Waals surface area contributed by atoms with Crippen molar-refractivity contribution in [3.05, 3.63) is 87.6 Å². The van der Waals surface area contributed by atoms with Crippen LogP contribution in [0.15, 0.2) is 59.8 Å². The number of esters is 1. The maximum Gasteiger partial charge on any atom is 0.416 e. The number of benzene rings is 1. The summed E-state index contributed by atoms with van der Waals surface area (Å²) >= 11 is 0. The molecule has 0 saturated heterocycles. The highest BCUT2D eigenvalue weighted by Crippen LogP contribution is 2.31.